The van der Waals surface area contributed by atoms with E-state index in [-0.39, 0.29) is 11.6 Å². The van der Waals surface area contributed by atoms with E-state index in [4.69, 9.17) is 11.6 Å². The highest BCUT2D eigenvalue weighted by Crippen LogP contribution is 2.22. The number of nitrogens with zero attached hydrogens (tertiary/aromatic N) is 1. The number of halogens is 1. The molecule has 8 heteroatoms. The molecular formula is C18H17ClN4O3. The summed E-state index contributed by atoms with van der Waals surface area (Å²) in [5.74, 6) is -0.975. The molecular weight excluding hydrogens is 356 g/mol. The van der Waals surface area contributed by atoms with Crippen LogP contribution in [0.5, 0.6) is 0 Å². The minimum atomic E-state index is -0.508. The SMILES string of the molecule is Cc1cc(C(=O)NNC(=O)c2ccccc2Cl)ccc1N1CCNC1=O. The molecule has 1 fully saturated rings. The van der Waals surface area contributed by atoms with Gasteiger partial charge in [-0.25, -0.2) is 4.79 Å². The van der Waals surface area contributed by atoms with Gasteiger partial charge in [0.15, 0.2) is 0 Å². The van der Waals surface area contributed by atoms with Gasteiger partial charge in [0.1, 0.15) is 0 Å². The number of rotatable bonds is 3. The van der Waals surface area contributed by atoms with E-state index >= 15 is 0 Å². The summed E-state index contributed by atoms with van der Waals surface area (Å²) in [5.41, 5.74) is 6.86. The third-order valence-corrected chi connectivity index (χ3v) is 4.34. The summed E-state index contributed by atoms with van der Waals surface area (Å²) >= 11 is 5.95. The van der Waals surface area contributed by atoms with Crippen LogP contribution in [0.1, 0.15) is 26.3 Å². The molecule has 0 radical (unpaired) electrons. The zero-order valence-electron chi connectivity index (χ0n) is 14.0. The second-order valence-corrected chi connectivity index (χ2v) is 6.18. The lowest BCUT2D eigenvalue weighted by atomic mass is 10.1. The lowest BCUT2D eigenvalue weighted by Crippen LogP contribution is -2.41. The van der Waals surface area contributed by atoms with Gasteiger partial charge in [0.25, 0.3) is 11.8 Å². The number of benzene rings is 2. The van der Waals surface area contributed by atoms with Gasteiger partial charge in [-0.05, 0) is 42.8 Å². The van der Waals surface area contributed by atoms with Crippen LogP contribution in [0.25, 0.3) is 0 Å². The number of hydrogen-bond donors (Lipinski definition) is 3. The van der Waals surface area contributed by atoms with Crippen LogP contribution in [-0.2, 0) is 0 Å². The average Bonchev–Trinajstić information content (AvgIpc) is 3.05. The monoisotopic (exact) mass is 372 g/mol. The predicted octanol–water partition coefficient (Wildman–Crippen LogP) is 2.25. The molecule has 4 amide bonds. The topological polar surface area (TPSA) is 90.5 Å². The van der Waals surface area contributed by atoms with Crippen LogP contribution in [0, 0.1) is 6.92 Å². The number of hydrogen-bond acceptors (Lipinski definition) is 3. The van der Waals surface area contributed by atoms with Crippen molar-refractivity contribution < 1.29 is 14.4 Å². The van der Waals surface area contributed by atoms with Gasteiger partial charge in [0.05, 0.1) is 10.6 Å². The van der Waals surface area contributed by atoms with Crippen LogP contribution >= 0.6 is 11.6 Å². The van der Waals surface area contributed by atoms with Gasteiger partial charge in [-0.15, -0.1) is 0 Å². The largest absolute Gasteiger partial charge is 0.336 e. The molecule has 1 aliphatic rings. The van der Waals surface area contributed by atoms with Crippen molar-refractivity contribution in [1.82, 2.24) is 16.2 Å². The molecule has 0 saturated carbocycles. The van der Waals surface area contributed by atoms with Gasteiger partial charge in [-0.1, -0.05) is 23.7 Å². The third kappa shape index (κ3) is 3.62. The van der Waals surface area contributed by atoms with E-state index in [1.807, 2.05) is 6.92 Å². The molecule has 1 saturated heterocycles. The number of aryl methyl sites for hydroxylation is 1. The second-order valence-electron chi connectivity index (χ2n) is 5.77. The number of carbonyl (C=O) groups is 3. The number of carbonyl (C=O) groups excluding carboxylic acids is 3. The second kappa shape index (κ2) is 7.45. The summed E-state index contributed by atoms with van der Waals surface area (Å²) in [4.78, 5) is 37.7. The summed E-state index contributed by atoms with van der Waals surface area (Å²) < 4.78 is 0. The quantitative estimate of drug-likeness (QED) is 0.722. The fourth-order valence-electron chi connectivity index (χ4n) is 2.70. The first-order valence-corrected chi connectivity index (χ1v) is 8.36. The number of nitrogens with one attached hydrogen (secondary N) is 3. The van der Waals surface area contributed by atoms with Gasteiger partial charge in [-0.3, -0.25) is 25.3 Å². The zero-order valence-corrected chi connectivity index (χ0v) is 14.8. The molecule has 3 rings (SSSR count). The van der Waals surface area contributed by atoms with Crippen molar-refractivity contribution in [1.29, 1.82) is 0 Å². The molecule has 3 N–H and O–H groups in total. The van der Waals surface area contributed by atoms with Crippen molar-refractivity contribution in [3.8, 4) is 0 Å². The van der Waals surface area contributed by atoms with Crippen LogP contribution in [0.3, 0.4) is 0 Å². The summed E-state index contributed by atoms with van der Waals surface area (Å²) in [6, 6.07) is 11.4. The Morgan fingerprint density at radius 1 is 1.12 bits per heavy atom. The van der Waals surface area contributed by atoms with Crippen LogP contribution in [0.15, 0.2) is 42.5 Å². The molecule has 26 heavy (non-hydrogen) atoms. The molecule has 134 valence electrons. The van der Waals surface area contributed by atoms with E-state index in [0.717, 1.165) is 11.3 Å². The summed E-state index contributed by atoms with van der Waals surface area (Å²) in [7, 11) is 0. The molecule has 0 spiro atoms. The first-order chi connectivity index (χ1) is 12.5. The normalized spacial score (nSPS) is 13.3. The van der Waals surface area contributed by atoms with Crippen molar-refractivity contribution in [2.24, 2.45) is 0 Å². The highest BCUT2D eigenvalue weighted by Gasteiger charge is 2.23. The Labute approximate surface area is 155 Å². The molecule has 1 heterocycles. The Morgan fingerprint density at radius 2 is 1.85 bits per heavy atom. The van der Waals surface area contributed by atoms with E-state index < -0.39 is 11.8 Å². The van der Waals surface area contributed by atoms with Crippen molar-refractivity contribution in [3.63, 3.8) is 0 Å². The van der Waals surface area contributed by atoms with Crippen LogP contribution < -0.4 is 21.1 Å². The van der Waals surface area contributed by atoms with Gasteiger partial charge in [0, 0.05) is 24.3 Å². The van der Waals surface area contributed by atoms with Crippen LogP contribution in [-0.4, -0.2) is 30.9 Å². The fraction of sp³-hybridized carbons (Fsp3) is 0.167. The molecule has 0 bridgehead atoms. The maximum Gasteiger partial charge on any atom is 0.322 e. The Balaban J connectivity index is 1.67. The Morgan fingerprint density at radius 3 is 2.50 bits per heavy atom. The maximum atomic E-state index is 12.3. The van der Waals surface area contributed by atoms with Crippen molar-refractivity contribution in [2.75, 3.05) is 18.0 Å². The average molecular weight is 373 g/mol. The molecule has 0 aromatic heterocycles. The first-order valence-electron chi connectivity index (χ1n) is 7.98. The number of hydrazine groups is 1. The molecule has 1 aliphatic heterocycles. The van der Waals surface area contributed by atoms with Crippen molar-refractivity contribution >= 4 is 35.1 Å². The summed E-state index contributed by atoms with van der Waals surface area (Å²) in [6.07, 6.45) is 0. The van der Waals surface area contributed by atoms with Crippen LogP contribution in [0.2, 0.25) is 5.02 Å². The zero-order chi connectivity index (χ0) is 18.7. The van der Waals surface area contributed by atoms with Crippen molar-refractivity contribution in [3.05, 3.63) is 64.2 Å². The van der Waals surface area contributed by atoms with E-state index in [9.17, 15) is 14.4 Å². The molecule has 0 atom stereocenters. The van der Waals surface area contributed by atoms with Crippen LogP contribution in [0.4, 0.5) is 10.5 Å². The Bertz CT molecular complexity index is 884. The van der Waals surface area contributed by atoms with Crippen molar-refractivity contribution in [2.45, 2.75) is 6.92 Å². The summed E-state index contributed by atoms with van der Waals surface area (Å²) in [6.45, 7) is 2.99. The van der Waals surface area contributed by atoms with E-state index in [1.54, 1.807) is 47.4 Å². The van der Waals surface area contributed by atoms with Gasteiger partial charge < -0.3 is 5.32 Å². The molecule has 7 nitrogen and oxygen atoms in total. The summed E-state index contributed by atoms with van der Waals surface area (Å²) in [5, 5.41) is 3.03. The lowest BCUT2D eigenvalue weighted by molar-refractivity contribution is 0.0846. The minimum absolute atomic E-state index is 0.155. The third-order valence-electron chi connectivity index (χ3n) is 4.01. The number of anilines is 1. The molecule has 0 unspecified atom stereocenters. The molecule has 2 aromatic rings. The lowest BCUT2D eigenvalue weighted by Gasteiger charge is -2.17. The van der Waals surface area contributed by atoms with E-state index in [1.165, 1.54) is 0 Å². The van der Waals surface area contributed by atoms with E-state index in [0.29, 0.717) is 23.7 Å². The number of urea groups is 1. The minimum Gasteiger partial charge on any atom is -0.336 e. The Kier molecular flexibility index (Phi) is 5.09. The standard InChI is InChI=1S/C18H17ClN4O3/c1-11-10-12(6-7-15(11)23-9-8-20-18(23)26)16(24)21-22-17(25)13-4-2-3-5-14(13)19/h2-7,10H,8-9H2,1H3,(H,20,26)(H,21,24)(H,22,25). The highest BCUT2D eigenvalue weighted by atomic mass is 35.5. The first kappa shape index (κ1) is 17.8. The van der Waals surface area contributed by atoms with Gasteiger partial charge >= 0.3 is 6.03 Å². The predicted molar refractivity (Wildman–Crippen MR) is 98.3 cm³/mol. The fourth-order valence-corrected chi connectivity index (χ4v) is 2.92. The molecule has 0 aliphatic carbocycles. The highest BCUT2D eigenvalue weighted by molar-refractivity contribution is 6.33. The Hall–Kier alpha value is -3.06. The van der Waals surface area contributed by atoms with Gasteiger partial charge in [-0.2, -0.15) is 0 Å². The smallest absolute Gasteiger partial charge is 0.322 e. The van der Waals surface area contributed by atoms with E-state index in [2.05, 4.69) is 16.2 Å². The van der Waals surface area contributed by atoms with Gasteiger partial charge in [0.2, 0.25) is 0 Å². The maximum absolute atomic E-state index is 12.3. The molecule has 2 aromatic carbocycles. The number of amides is 4.